The molecule has 2 aromatic rings. The summed E-state index contributed by atoms with van der Waals surface area (Å²) in [5.74, 6) is 0.243. The maximum Gasteiger partial charge on any atom is 0.246 e. The van der Waals surface area contributed by atoms with Crippen LogP contribution in [0.25, 0.3) is 6.08 Å². The normalized spacial score (nSPS) is 10.8. The van der Waals surface area contributed by atoms with Gasteiger partial charge in [0.1, 0.15) is 5.75 Å². The number of nitrogens with zero attached hydrogens (tertiary/aromatic N) is 1. The standard InChI is InChI=1S/C23H28N2O3/c1-6-28-20-10-8-7-9-19(20)11-12-22(27)25(5)15-21(26)24-23-17(3)13-16(2)14-18(23)4/h7-14H,6,15H2,1-5H3,(H,24,26)/b12-11+. The summed E-state index contributed by atoms with van der Waals surface area (Å²) >= 11 is 0. The zero-order valence-electron chi connectivity index (χ0n) is 17.2. The lowest BCUT2D eigenvalue weighted by Crippen LogP contribution is -2.34. The lowest BCUT2D eigenvalue weighted by molar-refractivity contribution is -0.129. The molecule has 0 atom stereocenters. The Morgan fingerprint density at radius 2 is 1.75 bits per heavy atom. The van der Waals surface area contributed by atoms with Crippen molar-refractivity contribution in [3.05, 3.63) is 64.7 Å². The molecule has 2 aromatic carbocycles. The number of hydrogen-bond donors (Lipinski definition) is 1. The van der Waals surface area contributed by atoms with Gasteiger partial charge in [-0.3, -0.25) is 9.59 Å². The van der Waals surface area contributed by atoms with Crippen LogP contribution < -0.4 is 10.1 Å². The number of ether oxygens (including phenoxy) is 1. The topological polar surface area (TPSA) is 58.6 Å². The van der Waals surface area contributed by atoms with Crippen molar-refractivity contribution in [2.45, 2.75) is 27.7 Å². The summed E-state index contributed by atoms with van der Waals surface area (Å²) < 4.78 is 5.55. The van der Waals surface area contributed by atoms with Crippen molar-refractivity contribution >= 4 is 23.6 Å². The van der Waals surface area contributed by atoms with Crippen LogP contribution in [0.5, 0.6) is 5.75 Å². The van der Waals surface area contributed by atoms with E-state index in [1.165, 1.54) is 11.0 Å². The number of aryl methyl sites for hydroxylation is 3. The van der Waals surface area contributed by atoms with Crippen LogP contribution in [-0.4, -0.2) is 36.9 Å². The van der Waals surface area contributed by atoms with Gasteiger partial charge in [-0.05, 0) is 51.0 Å². The highest BCUT2D eigenvalue weighted by Gasteiger charge is 2.13. The fraction of sp³-hybridized carbons (Fsp3) is 0.304. The third-order valence-electron chi connectivity index (χ3n) is 4.32. The molecule has 0 saturated heterocycles. The molecule has 0 aliphatic carbocycles. The molecule has 28 heavy (non-hydrogen) atoms. The molecule has 0 aliphatic rings. The molecular weight excluding hydrogens is 352 g/mol. The lowest BCUT2D eigenvalue weighted by Gasteiger charge is -2.17. The first-order valence-corrected chi connectivity index (χ1v) is 9.34. The zero-order valence-corrected chi connectivity index (χ0v) is 17.2. The van der Waals surface area contributed by atoms with Crippen molar-refractivity contribution in [3.63, 3.8) is 0 Å². The van der Waals surface area contributed by atoms with Crippen molar-refractivity contribution < 1.29 is 14.3 Å². The molecule has 0 saturated carbocycles. The predicted molar refractivity (Wildman–Crippen MR) is 114 cm³/mol. The summed E-state index contributed by atoms with van der Waals surface area (Å²) in [6, 6.07) is 11.6. The molecule has 5 heteroatoms. The summed E-state index contributed by atoms with van der Waals surface area (Å²) in [6.45, 7) is 8.38. The van der Waals surface area contributed by atoms with Gasteiger partial charge in [0.15, 0.2) is 0 Å². The Hall–Kier alpha value is -3.08. The van der Waals surface area contributed by atoms with E-state index in [4.69, 9.17) is 4.74 Å². The minimum atomic E-state index is -0.251. The minimum absolute atomic E-state index is 0.0248. The molecule has 0 aromatic heterocycles. The summed E-state index contributed by atoms with van der Waals surface area (Å²) in [7, 11) is 1.61. The molecule has 1 N–H and O–H groups in total. The number of para-hydroxylation sites is 1. The highest BCUT2D eigenvalue weighted by molar-refractivity contribution is 5.98. The molecule has 0 fully saturated rings. The van der Waals surface area contributed by atoms with Gasteiger partial charge in [-0.1, -0.05) is 35.9 Å². The molecule has 0 radical (unpaired) electrons. The van der Waals surface area contributed by atoms with Gasteiger partial charge in [0.25, 0.3) is 0 Å². The van der Waals surface area contributed by atoms with Crippen LogP contribution in [0.2, 0.25) is 0 Å². The number of likely N-dealkylation sites (N-methyl/N-ethyl adjacent to an activating group) is 1. The number of rotatable bonds is 7. The van der Waals surface area contributed by atoms with E-state index in [-0.39, 0.29) is 18.4 Å². The first kappa shape index (κ1) is 21.2. The average molecular weight is 380 g/mol. The molecule has 148 valence electrons. The first-order chi connectivity index (χ1) is 13.3. The van der Waals surface area contributed by atoms with E-state index < -0.39 is 0 Å². The maximum absolute atomic E-state index is 12.4. The van der Waals surface area contributed by atoms with Crippen molar-refractivity contribution in [1.29, 1.82) is 0 Å². The van der Waals surface area contributed by atoms with Crippen LogP contribution in [0.4, 0.5) is 5.69 Å². The van der Waals surface area contributed by atoms with Crippen molar-refractivity contribution in [2.75, 3.05) is 25.5 Å². The van der Waals surface area contributed by atoms with Crippen LogP contribution in [0.1, 0.15) is 29.2 Å². The fourth-order valence-electron chi connectivity index (χ4n) is 3.04. The van der Waals surface area contributed by atoms with Crippen molar-refractivity contribution in [1.82, 2.24) is 4.90 Å². The van der Waals surface area contributed by atoms with E-state index in [1.807, 2.05) is 64.1 Å². The Labute approximate surface area is 167 Å². The Morgan fingerprint density at radius 3 is 2.39 bits per heavy atom. The second-order valence-corrected chi connectivity index (χ2v) is 6.82. The van der Waals surface area contributed by atoms with Crippen molar-refractivity contribution in [3.8, 4) is 5.75 Å². The number of carbonyl (C=O) groups excluding carboxylic acids is 2. The predicted octanol–water partition coefficient (Wildman–Crippen LogP) is 4.12. The van der Waals surface area contributed by atoms with Gasteiger partial charge in [-0.15, -0.1) is 0 Å². The molecule has 0 unspecified atom stereocenters. The fourth-order valence-corrected chi connectivity index (χ4v) is 3.04. The summed E-state index contributed by atoms with van der Waals surface area (Å²) in [5, 5.41) is 2.91. The maximum atomic E-state index is 12.4. The quantitative estimate of drug-likeness (QED) is 0.735. The molecule has 0 aliphatic heterocycles. The average Bonchev–Trinajstić information content (AvgIpc) is 2.64. The van der Waals surface area contributed by atoms with Gasteiger partial charge < -0.3 is 15.0 Å². The minimum Gasteiger partial charge on any atom is -0.493 e. The summed E-state index contributed by atoms with van der Waals surface area (Å²) in [4.78, 5) is 26.1. The third-order valence-corrected chi connectivity index (χ3v) is 4.32. The second-order valence-electron chi connectivity index (χ2n) is 6.82. The largest absolute Gasteiger partial charge is 0.493 e. The van der Waals surface area contributed by atoms with Crippen LogP contribution >= 0.6 is 0 Å². The lowest BCUT2D eigenvalue weighted by atomic mass is 10.1. The highest BCUT2D eigenvalue weighted by atomic mass is 16.5. The smallest absolute Gasteiger partial charge is 0.246 e. The van der Waals surface area contributed by atoms with Crippen LogP contribution in [0.3, 0.4) is 0 Å². The SMILES string of the molecule is CCOc1ccccc1/C=C/C(=O)N(C)CC(=O)Nc1c(C)cc(C)cc1C. The molecule has 5 nitrogen and oxygen atoms in total. The van der Waals surface area contributed by atoms with E-state index in [2.05, 4.69) is 5.32 Å². The third kappa shape index (κ3) is 5.71. The number of anilines is 1. The van der Waals surface area contributed by atoms with Gasteiger partial charge in [0.2, 0.25) is 11.8 Å². The number of amides is 2. The van der Waals surface area contributed by atoms with E-state index in [0.717, 1.165) is 33.7 Å². The van der Waals surface area contributed by atoms with Gasteiger partial charge >= 0.3 is 0 Å². The number of hydrogen-bond acceptors (Lipinski definition) is 3. The molecule has 2 amide bonds. The van der Waals surface area contributed by atoms with Gasteiger partial charge in [-0.25, -0.2) is 0 Å². The monoisotopic (exact) mass is 380 g/mol. The van der Waals surface area contributed by atoms with E-state index in [9.17, 15) is 9.59 Å². The van der Waals surface area contributed by atoms with E-state index in [1.54, 1.807) is 13.1 Å². The van der Waals surface area contributed by atoms with E-state index >= 15 is 0 Å². The summed E-state index contributed by atoms with van der Waals surface area (Å²) in [5.41, 5.74) is 4.79. The Kier molecular flexibility index (Phi) is 7.38. The molecule has 0 spiro atoms. The zero-order chi connectivity index (χ0) is 20.7. The Balaban J connectivity index is 2.00. The molecule has 0 heterocycles. The van der Waals surface area contributed by atoms with Crippen LogP contribution in [0.15, 0.2) is 42.5 Å². The van der Waals surface area contributed by atoms with Crippen LogP contribution in [-0.2, 0) is 9.59 Å². The van der Waals surface area contributed by atoms with Gasteiger partial charge in [0, 0.05) is 24.4 Å². The van der Waals surface area contributed by atoms with Gasteiger partial charge in [-0.2, -0.15) is 0 Å². The number of benzene rings is 2. The Bertz CT molecular complexity index is 864. The summed E-state index contributed by atoms with van der Waals surface area (Å²) in [6.07, 6.45) is 3.16. The molecule has 0 bridgehead atoms. The van der Waals surface area contributed by atoms with Gasteiger partial charge in [0.05, 0.1) is 13.2 Å². The Morgan fingerprint density at radius 1 is 1.11 bits per heavy atom. The van der Waals surface area contributed by atoms with E-state index in [0.29, 0.717) is 6.61 Å². The number of carbonyl (C=O) groups is 2. The second kappa shape index (κ2) is 9.74. The first-order valence-electron chi connectivity index (χ1n) is 9.34. The molecule has 2 rings (SSSR count). The molecular formula is C23H28N2O3. The highest BCUT2D eigenvalue weighted by Crippen LogP contribution is 2.22. The number of nitrogens with one attached hydrogen (secondary N) is 1. The van der Waals surface area contributed by atoms with Crippen molar-refractivity contribution in [2.24, 2.45) is 0 Å². The van der Waals surface area contributed by atoms with Crippen LogP contribution in [0, 0.1) is 20.8 Å².